The summed E-state index contributed by atoms with van der Waals surface area (Å²) in [5.41, 5.74) is 5.87. The van der Waals surface area contributed by atoms with Crippen LogP contribution >= 0.6 is 11.5 Å². The molecule has 0 radical (unpaired) electrons. The Labute approximate surface area is 108 Å². The first-order valence-electron chi connectivity index (χ1n) is 5.76. The van der Waals surface area contributed by atoms with Crippen molar-refractivity contribution in [3.63, 3.8) is 0 Å². The quantitative estimate of drug-likeness (QED) is 0.923. The van der Waals surface area contributed by atoms with Gasteiger partial charge in [0, 0.05) is 35.6 Å². The number of aromatic nitrogens is 2. The maximum atomic E-state index is 13.5. The highest BCUT2D eigenvalue weighted by molar-refractivity contribution is 7.07. The molecule has 0 amide bonds. The number of hydrogen-bond acceptors (Lipinski definition) is 5. The molecule has 18 heavy (non-hydrogen) atoms. The van der Waals surface area contributed by atoms with E-state index in [9.17, 15) is 4.39 Å². The predicted octanol–water partition coefficient (Wildman–Crippen LogP) is 2.81. The third kappa shape index (κ3) is 2.34. The predicted molar refractivity (Wildman–Crippen MR) is 66.2 cm³/mol. The second-order valence-corrected chi connectivity index (χ2v) is 4.97. The number of ether oxygens (including phenoxy) is 1. The third-order valence-corrected chi connectivity index (χ3v) is 3.42. The highest BCUT2D eigenvalue weighted by atomic mass is 32.1. The molecule has 1 aromatic carbocycles. The minimum atomic E-state index is -0.359. The van der Waals surface area contributed by atoms with Gasteiger partial charge in [0.05, 0.1) is 0 Å². The first-order valence-corrected chi connectivity index (χ1v) is 6.53. The van der Waals surface area contributed by atoms with Crippen LogP contribution in [0, 0.1) is 5.82 Å². The van der Waals surface area contributed by atoms with Crippen molar-refractivity contribution in [2.24, 2.45) is 5.73 Å². The number of nitrogens with zero attached hydrogens (tertiary/aromatic N) is 2. The lowest BCUT2D eigenvalue weighted by Crippen LogP contribution is -1.99. The first kappa shape index (κ1) is 11.6. The summed E-state index contributed by atoms with van der Waals surface area (Å²) in [6.07, 6.45) is 2.30. The van der Waals surface area contributed by atoms with Crippen LogP contribution < -0.4 is 10.5 Å². The molecular weight excluding hydrogens is 253 g/mol. The maximum absolute atomic E-state index is 13.5. The van der Waals surface area contributed by atoms with Crippen LogP contribution in [0.1, 0.15) is 30.1 Å². The number of halogens is 1. The van der Waals surface area contributed by atoms with Crippen LogP contribution in [0.25, 0.3) is 0 Å². The molecule has 2 N–H and O–H groups in total. The Balaban J connectivity index is 1.76. The van der Waals surface area contributed by atoms with Crippen molar-refractivity contribution in [2.75, 3.05) is 0 Å². The van der Waals surface area contributed by atoms with Crippen LogP contribution in [0.2, 0.25) is 0 Å². The van der Waals surface area contributed by atoms with Crippen molar-refractivity contribution < 1.29 is 9.13 Å². The van der Waals surface area contributed by atoms with E-state index in [0.29, 0.717) is 22.4 Å². The Morgan fingerprint density at radius 2 is 2.28 bits per heavy atom. The van der Waals surface area contributed by atoms with Crippen LogP contribution in [0.15, 0.2) is 18.2 Å². The molecule has 0 atom stereocenters. The molecule has 0 aliphatic heterocycles. The minimum absolute atomic E-state index is 0.177. The lowest BCUT2D eigenvalue weighted by molar-refractivity contribution is 0.470. The van der Waals surface area contributed by atoms with E-state index in [0.717, 1.165) is 18.7 Å². The largest absolute Gasteiger partial charge is 0.430 e. The molecule has 3 rings (SSSR count). The van der Waals surface area contributed by atoms with E-state index in [-0.39, 0.29) is 12.4 Å². The van der Waals surface area contributed by atoms with Gasteiger partial charge < -0.3 is 10.5 Å². The second-order valence-electron chi connectivity index (χ2n) is 4.25. The van der Waals surface area contributed by atoms with Gasteiger partial charge >= 0.3 is 0 Å². The Kier molecular flexibility index (Phi) is 2.97. The van der Waals surface area contributed by atoms with E-state index < -0.39 is 0 Å². The van der Waals surface area contributed by atoms with Gasteiger partial charge in [0.25, 0.3) is 5.19 Å². The Hall–Kier alpha value is -1.53. The summed E-state index contributed by atoms with van der Waals surface area (Å²) in [5, 5.41) is 0.455. The standard InChI is InChI=1S/C12H12FN3OS/c13-10-5-9(4-3-8(10)6-14)17-12-15-11(16-18-12)7-1-2-7/h3-5,7H,1-2,6,14H2. The van der Waals surface area contributed by atoms with Gasteiger partial charge in [-0.15, -0.1) is 0 Å². The zero-order valence-corrected chi connectivity index (χ0v) is 10.4. The second kappa shape index (κ2) is 4.62. The molecule has 4 nitrogen and oxygen atoms in total. The highest BCUT2D eigenvalue weighted by Gasteiger charge is 2.28. The molecule has 1 aromatic heterocycles. The minimum Gasteiger partial charge on any atom is -0.430 e. The molecular formula is C12H12FN3OS. The molecule has 1 aliphatic carbocycles. The van der Waals surface area contributed by atoms with Crippen LogP contribution in [0.3, 0.4) is 0 Å². The zero-order valence-electron chi connectivity index (χ0n) is 9.60. The smallest absolute Gasteiger partial charge is 0.298 e. The molecule has 1 saturated carbocycles. The lowest BCUT2D eigenvalue weighted by atomic mass is 10.2. The van der Waals surface area contributed by atoms with Gasteiger partial charge in [-0.25, -0.2) is 4.39 Å². The average molecular weight is 265 g/mol. The topological polar surface area (TPSA) is 61.0 Å². The van der Waals surface area contributed by atoms with E-state index in [1.54, 1.807) is 12.1 Å². The molecule has 0 spiro atoms. The van der Waals surface area contributed by atoms with Crippen LogP contribution in [0.4, 0.5) is 4.39 Å². The molecule has 1 fully saturated rings. The molecule has 1 aliphatic rings. The van der Waals surface area contributed by atoms with E-state index in [1.807, 2.05) is 0 Å². The summed E-state index contributed by atoms with van der Waals surface area (Å²) in [5.74, 6) is 1.40. The monoisotopic (exact) mass is 265 g/mol. The van der Waals surface area contributed by atoms with Crippen molar-refractivity contribution in [1.29, 1.82) is 0 Å². The van der Waals surface area contributed by atoms with E-state index in [2.05, 4.69) is 9.36 Å². The zero-order chi connectivity index (χ0) is 12.5. The fourth-order valence-electron chi connectivity index (χ4n) is 1.63. The summed E-state index contributed by atoms with van der Waals surface area (Å²) in [6.45, 7) is 0.177. The highest BCUT2D eigenvalue weighted by Crippen LogP contribution is 2.40. The van der Waals surface area contributed by atoms with Crippen molar-refractivity contribution in [2.45, 2.75) is 25.3 Å². The fourth-order valence-corrected chi connectivity index (χ4v) is 2.26. The van der Waals surface area contributed by atoms with Gasteiger partial charge in [-0.3, -0.25) is 0 Å². The molecule has 0 bridgehead atoms. The van der Waals surface area contributed by atoms with E-state index in [1.165, 1.54) is 17.6 Å². The van der Waals surface area contributed by atoms with Gasteiger partial charge in [0.1, 0.15) is 17.4 Å². The summed E-state index contributed by atoms with van der Waals surface area (Å²) in [4.78, 5) is 4.28. The third-order valence-electron chi connectivity index (χ3n) is 2.82. The van der Waals surface area contributed by atoms with Crippen molar-refractivity contribution in [3.8, 4) is 10.9 Å². The molecule has 0 unspecified atom stereocenters. The average Bonchev–Trinajstić information content (AvgIpc) is 3.11. The number of hydrogen-bond donors (Lipinski definition) is 1. The van der Waals surface area contributed by atoms with Crippen LogP contribution in [0.5, 0.6) is 10.9 Å². The van der Waals surface area contributed by atoms with Gasteiger partial charge in [0.15, 0.2) is 0 Å². The molecule has 1 heterocycles. The summed E-state index contributed by atoms with van der Waals surface area (Å²) >= 11 is 1.20. The van der Waals surface area contributed by atoms with Gasteiger partial charge in [-0.1, -0.05) is 6.07 Å². The van der Waals surface area contributed by atoms with E-state index >= 15 is 0 Å². The van der Waals surface area contributed by atoms with Crippen LogP contribution in [-0.4, -0.2) is 9.36 Å². The summed E-state index contributed by atoms with van der Waals surface area (Å²) < 4.78 is 23.2. The summed E-state index contributed by atoms with van der Waals surface area (Å²) in [7, 11) is 0. The van der Waals surface area contributed by atoms with Crippen LogP contribution in [-0.2, 0) is 6.54 Å². The Morgan fingerprint density at radius 3 is 2.94 bits per heavy atom. The maximum Gasteiger partial charge on any atom is 0.298 e. The van der Waals surface area contributed by atoms with Gasteiger partial charge in [0.2, 0.25) is 0 Å². The number of nitrogens with two attached hydrogens (primary N) is 1. The van der Waals surface area contributed by atoms with Gasteiger partial charge in [-0.2, -0.15) is 9.36 Å². The van der Waals surface area contributed by atoms with Crippen molar-refractivity contribution in [1.82, 2.24) is 9.36 Å². The summed E-state index contributed by atoms with van der Waals surface area (Å²) in [6, 6.07) is 4.62. The fraction of sp³-hybridized carbons (Fsp3) is 0.333. The molecule has 6 heteroatoms. The SMILES string of the molecule is NCc1ccc(Oc2nc(C3CC3)ns2)cc1F. The van der Waals surface area contributed by atoms with Crippen molar-refractivity contribution in [3.05, 3.63) is 35.4 Å². The molecule has 94 valence electrons. The number of benzene rings is 1. The molecule has 2 aromatic rings. The van der Waals surface area contributed by atoms with E-state index in [4.69, 9.17) is 10.5 Å². The van der Waals surface area contributed by atoms with Crippen molar-refractivity contribution >= 4 is 11.5 Å². The Morgan fingerprint density at radius 1 is 1.44 bits per heavy atom. The lowest BCUT2D eigenvalue weighted by Gasteiger charge is -2.03. The normalized spacial score (nSPS) is 14.8. The Bertz CT molecular complexity index is 568. The number of rotatable bonds is 4. The van der Waals surface area contributed by atoms with Gasteiger partial charge in [-0.05, 0) is 18.9 Å². The first-order chi connectivity index (χ1) is 8.76. The molecule has 0 saturated heterocycles.